The van der Waals surface area contributed by atoms with E-state index in [1.807, 2.05) is 0 Å². The maximum Gasteiger partial charge on any atom is 0.329 e. The van der Waals surface area contributed by atoms with Crippen molar-refractivity contribution < 1.29 is 41.3 Å². The zero-order valence-corrected chi connectivity index (χ0v) is 20.2. The maximum absolute atomic E-state index is 14.7. The number of hydrogen-bond acceptors (Lipinski definition) is 7. The van der Waals surface area contributed by atoms with E-state index in [9.17, 15) is 31.9 Å². The standard InChI is InChI=1S/C24H27F5N4O4/c1-13(14-4-3-5-15(18(14)25)19(26)27)30-20-16-10-33(22(35)23(36-2)6-8-37-9-7-23)11-17(16)31-21(32-20)24(28,29)12-34/h3-5,13,19,34H,6-12H2,1-2H3,(H,30,31,32)/t13-/m1/s1. The number of fused-ring (bicyclic) bond motifs is 1. The van der Waals surface area contributed by atoms with Crippen LogP contribution in [0.3, 0.4) is 0 Å². The van der Waals surface area contributed by atoms with E-state index in [-0.39, 0.29) is 36.1 Å². The third-order valence-corrected chi connectivity index (χ3v) is 6.79. The number of hydrogen-bond donors (Lipinski definition) is 2. The zero-order chi connectivity index (χ0) is 27.0. The summed E-state index contributed by atoms with van der Waals surface area (Å²) in [4.78, 5) is 22.6. The molecule has 202 valence electrons. The number of amides is 1. The molecule has 4 rings (SSSR count). The topological polar surface area (TPSA) is 96.8 Å². The van der Waals surface area contributed by atoms with E-state index in [0.29, 0.717) is 31.6 Å². The average Bonchev–Trinajstić information content (AvgIpc) is 3.33. The largest absolute Gasteiger partial charge is 0.390 e. The van der Waals surface area contributed by atoms with Gasteiger partial charge in [0.2, 0.25) is 5.82 Å². The second-order valence-electron chi connectivity index (χ2n) is 9.07. The molecule has 8 nitrogen and oxygen atoms in total. The van der Waals surface area contributed by atoms with Crippen LogP contribution in [0.2, 0.25) is 0 Å². The van der Waals surface area contributed by atoms with E-state index in [2.05, 4.69) is 15.3 Å². The Labute approximate surface area is 209 Å². The summed E-state index contributed by atoms with van der Waals surface area (Å²) in [5.41, 5.74) is -1.59. The molecular weight excluding hydrogens is 503 g/mol. The third-order valence-electron chi connectivity index (χ3n) is 6.79. The highest BCUT2D eigenvalue weighted by Crippen LogP contribution is 2.37. The fraction of sp³-hybridized carbons (Fsp3) is 0.542. The zero-order valence-electron chi connectivity index (χ0n) is 20.2. The van der Waals surface area contributed by atoms with Crippen LogP contribution >= 0.6 is 0 Å². The van der Waals surface area contributed by atoms with Crippen molar-refractivity contribution in [3.63, 3.8) is 0 Å². The average molecular weight is 530 g/mol. The lowest BCUT2D eigenvalue weighted by Crippen LogP contribution is -2.51. The summed E-state index contributed by atoms with van der Waals surface area (Å²) in [5.74, 6) is -6.37. The molecule has 0 spiro atoms. The van der Waals surface area contributed by atoms with Gasteiger partial charge in [0.1, 0.15) is 18.2 Å². The molecule has 2 aliphatic heterocycles. The molecule has 0 radical (unpaired) electrons. The molecule has 3 heterocycles. The fourth-order valence-corrected chi connectivity index (χ4v) is 4.60. The monoisotopic (exact) mass is 530 g/mol. The molecule has 2 N–H and O–H groups in total. The molecule has 1 fully saturated rings. The first-order valence-electron chi connectivity index (χ1n) is 11.7. The SMILES string of the molecule is COC1(C(=O)N2Cc3nc(C(F)(F)CO)nc(N[C@H](C)c4cccc(C(F)F)c4F)c3C2)CCOCC1. The van der Waals surface area contributed by atoms with Gasteiger partial charge in [-0.15, -0.1) is 0 Å². The van der Waals surface area contributed by atoms with E-state index in [1.165, 1.54) is 31.1 Å². The molecule has 37 heavy (non-hydrogen) atoms. The molecule has 1 aromatic heterocycles. The quantitative estimate of drug-likeness (QED) is 0.501. The summed E-state index contributed by atoms with van der Waals surface area (Å²) in [5, 5.41) is 12.0. The summed E-state index contributed by atoms with van der Waals surface area (Å²) >= 11 is 0. The van der Waals surface area contributed by atoms with Gasteiger partial charge in [0.15, 0.2) is 5.60 Å². The predicted octanol–water partition coefficient (Wildman–Crippen LogP) is 3.85. The first kappa shape index (κ1) is 27.1. The molecule has 0 bridgehead atoms. The highest BCUT2D eigenvalue weighted by atomic mass is 19.3. The van der Waals surface area contributed by atoms with Crippen LogP contribution in [0.4, 0.5) is 27.8 Å². The van der Waals surface area contributed by atoms with Gasteiger partial charge in [-0.3, -0.25) is 4.79 Å². The van der Waals surface area contributed by atoms with Crippen molar-refractivity contribution in [1.82, 2.24) is 14.9 Å². The lowest BCUT2D eigenvalue weighted by Gasteiger charge is -2.37. The Morgan fingerprint density at radius 3 is 2.54 bits per heavy atom. The second kappa shape index (κ2) is 10.5. The molecule has 1 aromatic carbocycles. The van der Waals surface area contributed by atoms with Crippen molar-refractivity contribution in [3.8, 4) is 0 Å². The number of anilines is 1. The summed E-state index contributed by atoms with van der Waals surface area (Å²) in [7, 11) is 1.42. The third kappa shape index (κ3) is 5.12. The van der Waals surface area contributed by atoms with Crippen LogP contribution in [-0.4, -0.2) is 58.4 Å². The van der Waals surface area contributed by atoms with Crippen molar-refractivity contribution >= 4 is 11.7 Å². The summed E-state index contributed by atoms with van der Waals surface area (Å²) in [6.07, 6.45) is -2.41. The van der Waals surface area contributed by atoms with Crippen molar-refractivity contribution in [3.05, 3.63) is 52.2 Å². The van der Waals surface area contributed by atoms with E-state index >= 15 is 0 Å². The Kier molecular flexibility index (Phi) is 7.67. The minimum atomic E-state index is -3.79. The molecule has 13 heteroatoms. The highest BCUT2D eigenvalue weighted by molar-refractivity contribution is 5.86. The number of alkyl halides is 4. The van der Waals surface area contributed by atoms with Crippen LogP contribution in [0, 0.1) is 5.82 Å². The number of nitrogens with zero attached hydrogens (tertiary/aromatic N) is 3. The Morgan fingerprint density at radius 2 is 1.92 bits per heavy atom. The Balaban J connectivity index is 1.69. The lowest BCUT2D eigenvalue weighted by molar-refractivity contribution is -0.167. The van der Waals surface area contributed by atoms with Gasteiger partial charge in [-0.05, 0) is 6.92 Å². The number of aliphatic hydroxyl groups excluding tert-OH is 1. The Morgan fingerprint density at radius 1 is 1.24 bits per heavy atom. The molecular formula is C24H27F5N4O4. The van der Waals surface area contributed by atoms with Crippen LogP contribution < -0.4 is 5.32 Å². The molecule has 1 amide bonds. The van der Waals surface area contributed by atoms with Gasteiger partial charge >= 0.3 is 5.92 Å². The van der Waals surface area contributed by atoms with Crippen molar-refractivity contribution in [2.75, 3.05) is 32.2 Å². The van der Waals surface area contributed by atoms with E-state index in [0.717, 1.165) is 6.07 Å². The first-order valence-corrected chi connectivity index (χ1v) is 11.7. The van der Waals surface area contributed by atoms with Gasteiger partial charge in [-0.25, -0.2) is 23.1 Å². The highest BCUT2D eigenvalue weighted by Gasteiger charge is 2.45. The molecule has 0 unspecified atom stereocenters. The van der Waals surface area contributed by atoms with Crippen LogP contribution in [0.1, 0.15) is 60.4 Å². The first-order chi connectivity index (χ1) is 17.5. The number of carbonyl (C=O) groups is 1. The number of aromatic nitrogens is 2. The van der Waals surface area contributed by atoms with E-state index in [4.69, 9.17) is 9.47 Å². The summed E-state index contributed by atoms with van der Waals surface area (Å²) < 4.78 is 80.8. The molecule has 2 aromatic rings. The number of methoxy groups -OCH3 is 1. The van der Waals surface area contributed by atoms with Gasteiger partial charge in [-0.1, -0.05) is 18.2 Å². The number of aliphatic hydroxyl groups is 1. The number of halogens is 5. The summed E-state index contributed by atoms with van der Waals surface area (Å²) in [6, 6.07) is 2.57. The molecule has 2 aliphatic rings. The van der Waals surface area contributed by atoms with Gasteiger partial charge in [0.25, 0.3) is 12.3 Å². The summed E-state index contributed by atoms with van der Waals surface area (Å²) in [6.45, 7) is 0.392. The Hall–Kier alpha value is -2.90. The predicted molar refractivity (Wildman–Crippen MR) is 120 cm³/mol. The minimum absolute atomic E-state index is 0.0419. The molecule has 0 aliphatic carbocycles. The normalized spacial score (nSPS) is 18.1. The smallest absolute Gasteiger partial charge is 0.329 e. The number of benzene rings is 1. The van der Waals surface area contributed by atoms with Crippen LogP contribution in [0.15, 0.2) is 18.2 Å². The van der Waals surface area contributed by atoms with Gasteiger partial charge < -0.3 is 24.8 Å². The van der Waals surface area contributed by atoms with Crippen LogP contribution in [-0.2, 0) is 33.3 Å². The van der Waals surface area contributed by atoms with E-state index < -0.39 is 47.8 Å². The number of rotatable bonds is 8. The lowest BCUT2D eigenvalue weighted by atomic mass is 9.92. The Bertz CT molecular complexity index is 1160. The number of carbonyl (C=O) groups excluding carboxylic acids is 1. The van der Waals surface area contributed by atoms with Crippen molar-refractivity contribution in [1.29, 1.82) is 0 Å². The van der Waals surface area contributed by atoms with Crippen LogP contribution in [0.25, 0.3) is 0 Å². The molecule has 1 atom stereocenters. The minimum Gasteiger partial charge on any atom is -0.390 e. The fourth-order valence-electron chi connectivity index (χ4n) is 4.60. The maximum atomic E-state index is 14.7. The van der Waals surface area contributed by atoms with Crippen molar-refractivity contribution in [2.24, 2.45) is 0 Å². The van der Waals surface area contributed by atoms with E-state index in [1.54, 1.807) is 0 Å². The van der Waals surface area contributed by atoms with Gasteiger partial charge in [0, 0.05) is 44.3 Å². The second-order valence-corrected chi connectivity index (χ2v) is 9.07. The van der Waals surface area contributed by atoms with Crippen LogP contribution in [0.5, 0.6) is 0 Å². The van der Waals surface area contributed by atoms with Crippen molar-refractivity contribution in [2.45, 2.75) is 56.8 Å². The number of ether oxygens (including phenoxy) is 2. The number of nitrogens with one attached hydrogen (secondary N) is 1. The molecule has 0 saturated carbocycles. The molecule has 1 saturated heterocycles. The van der Waals surface area contributed by atoms with Gasteiger partial charge in [-0.2, -0.15) is 8.78 Å². The van der Waals surface area contributed by atoms with Gasteiger partial charge in [0.05, 0.1) is 30.4 Å².